The number of ether oxygens (including phenoxy) is 1. The SMILES string of the molecule is COc1cc(/C(O)=C2/C(=O)C(=O)N(c3ccc(F)cc3)C2c2ccc(O)c([N+](=O)[O-])c2)ccc1Cl. The molecule has 4 rings (SSSR count). The second-order valence-corrected chi connectivity index (χ2v) is 7.91. The van der Waals surface area contributed by atoms with Crippen LogP contribution in [-0.4, -0.2) is 33.9 Å². The van der Waals surface area contributed by atoms with Gasteiger partial charge in [-0.2, -0.15) is 0 Å². The van der Waals surface area contributed by atoms with Gasteiger partial charge in [0.25, 0.3) is 11.7 Å². The molecule has 3 aromatic rings. The van der Waals surface area contributed by atoms with Crippen LogP contribution in [0.2, 0.25) is 5.02 Å². The molecule has 0 saturated carbocycles. The first-order chi connectivity index (χ1) is 16.6. The van der Waals surface area contributed by atoms with Crippen molar-refractivity contribution in [2.24, 2.45) is 0 Å². The molecular weight excluding hydrogens is 483 g/mol. The molecule has 1 amide bonds. The highest BCUT2D eigenvalue weighted by Gasteiger charge is 2.47. The standard InChI is InChI=1S/C24H16ClFN2O7/c1-35-19-11-13(2-8-16(19)25)22(30)20-21(12-3-9-18(29)17(10-12)28(33)34)27(24(32)23(20)31)15-6-4-14(26)5-7-15/h2-11,21,29-30H,1H3/b22-20-. The number of nitro benzene ring substituents is 1. The minimum Gasteiger partial charge on any atom is -0.507 e. The average molecular weight is 499 g/mol. The molecule has 0 aromatic heterocycles. The molecule has 1 fully saturated rings. The van der Waals surface area contributed by atoms with Crippen molar-refractivity contribution in [2.45, 2.75) is 6.04 Å². The predicted molar refractivity (Wildman–Crippen MR) is 124 cm³/mol. The number of hydrogen-bond acceptors (Lipinski definition) is 7. The van der Waals surface area contributed by atoms with Gasteiger partial charge in [0.15, 0.2) is 5.75 Å². The van der Waals surface area contributed by atoms with Gasteiger partial charge in [-0.25, -0.2) is 4.39 Å². The van der Waals surface area contributed by atoms with Gasteiger partial charge in [-0.15, -0.1) is 0 Å². The number of nitrogens with zero attached hydrogens (tertiary/aromatic N) is 2. The maximum absolute atomic E-state index is 13.5. The minimum absolute atomic E-state index is 0.0560. The van der Waals surface area contributed by atoms with Crippen LogP contribution in [0.1, 0.15) is 17.2 Å². The molecule has 0 bridgehead atoms. The van der Waals surface area contributed by atoms with Gasteiger partial charge in [-0.3, -0.25) is 24.6 Å². The number of ketones is 1. The van der Waals surface area contributed by atoms with E-state index in [1.807, 2.05) is 0 Å². The summed E-state index contributed by atoms with van der Waals surface area (Å²) in [6, 6.07) is 10.9. The second-order valence-electron chi connectivity index (χ2n) is 7.50. The number of Topliss-reactive ketones (excluding diaryl/α,β-unsaturated/α-hetero) is 1. The van der Waals surface area contributed by atoms with Crippen LogP contribution in [0.4, 0.5) is 15.8 Å². The Labute approximate surface area is 202 Å². The third-order valence-corrected chi connectivity index (χ3v) is 5.80. The predicted octanol–water partition coefficient (Wildman–Crippen LogP) is 4.73. The van der Waals surface area contributed by atoms with Gasteiger partial charge >= 0.3 is 5.69 Å². The quantitative estimate of drug-likeness (QED) is 0.171. The van der Waals surface area contributed by atoms with Crippen LogP contribution in [-0.2, 0) is 9.59 Å². The Morgan fingerprint density at radius 3 is 2.43 bits per heavy atom. The zero-order chi connectivity index (χ0) is 25.4. The number of phenolic OH excluding ortho intramolecular Hbond substituents is 1. The molecule has 0 radical (unpaired) electrons. The molecule has 11 heteroatoms. The first-order valence-corrected chi connectivity index (χ1v) is 10.4. The summed E-state index contributed by atoms with van der Waals surface area (Å²) in [6.45, 7) is 0. The number of amides is 1. The fourth-order valence-electron chi connectivity index (χ4n) is 3.84. The van der Waals surface area contributed by atoms with Crippen LogP contribution < -0.4 is 9.64 Å². The first-order valence-electron chi connectivity index (χ1n) is 10.0. The molecule has 1 aliphatic heterocycles. The lowest BCUT2D eigenvalue weighted by Gasteiger charge is -2.25. The molecule has 178 valence electrons. The largest absolute Gasteiger partial charge is 0.507 e. The lowest BCUT2D eigenvalue weighted by molar-refractivity contribution is -0.385. The molecule has 1 saturated heterocycles. The number of aromatic hydroxyl groups is 1. The number of halogens is 2. The zero-order valence-electron chi connectivity index (χ0n) is 17.9. The summed E-state index contributed by atoms with van der Waals surface area (Å²) in [5, 5.41) is 32.7. The number of carbonyl (C=O) groups is 2. The van der Waals surface area contributed by atoms with Gasteiger partial charge in [-0.1, -0.05) is 17.7 Å². The van der Waals surface area contributed by atoms with E-state index in [-0.39, 0.29) is 33.2 Å². The maximum Gasteiger partial charge on any atom is 0.311 e. The van der Waals surface area contributed by atoms with Gasteiger partial charge in [0, 0.05) is 17.3 Å². The van der Waals surface area contributed by atoms with Crippen molar-refractivity contribution < 1.29 is 33.9 Å². The van der Waals surface area contributed by atoms with E-state index in [9.17, 15) is 34.3 Å². The van der Waals surface area contributed by atoms with Crippen LogP contribution in [0.25, 0.3) is 5.76 Å². The molecule has 1 aliphatic rings. The van der Waals surface area contributed by atoms with Gasteiger partial charge < -0.3 is 14.9 Å². The van der Waals surface area contributed by atoms with Crippen LogP contribution in [0.5, 0.6) is 11.5 Å². The summed E-state index contributed by atoms with van der Waals surface area (Å²) in [7, 11) is 1.36. The van der Waals surface area contributed by atoms with E-state index < -0.39 is 45.7 Å². The second kappa shape index (κ2) is 9.07. The van der Waals surface area contributed by atoms with E-state index in [1.165, 1.54) is 43.5 Å². The van der Waals surface area contributed by atoms with Crippen LogP contribution in [0.15, 0.2) is 66.2 Å². The van der Waals surface area contributed by atoms with Gasteiger partial charge in [0.05, 0.1) is 28.7 Å². The Morgan fingerprint density at radius 2 is 1.80 bits per heavy atom. The minimum atomic E-state index is -1.33. The van der Waals surface area contributed by atoms with E-state index in [0.717, 1.165) is 29.2 Å². The molecule has 1 heterocycles. The average Bonchev–Trinajstić information content (AvgIpc) is 3.10. The number of anilines is 1. The number of carbonyl (C=O) groups excluding carboxylic acids is 2. The number of nitro groups is 1. The molecule has 3 aromatic carbocycles. The van der Waals surface area contributed by atoms with E-state index >= 15 is 0 Å². The highest BCUT2D eigenvalue weighted by Crippen LogP contribution is 2.44. The maximum atomic E-state index is 13.5. The summed E-state index contributed by atoms with van der Waals surface area (Å²) in [6.07, 6.45) is 0. The first kappa shape index (κ1) is 23.7. The summed E-state index contributed by atoms with van der Waals surface area (Å²) < 4.78 is 18.7. The van der Waals surface area contributed by atoms with Crippen LogP contribution in [0, 0.1) is 15.9 Å². The molecule has 1 atom stereocenters. The lowest BCUT2D eigenvalue weighted by atomic mass is 9.94. The van der Waals surface area contributed by atoms with E-state index in [2.05, 4.69) is 0 Å². The van der Waals surface area contributed by atoms with E-state index in [1.54, 1.807) is 0 Å². The molecule has 1 unspecified atom stereocenters. The number of phenols is 1. The topological polar surface area (TPSA) is 130 Å². The summed E-state index contributed by atoms with van der Waals surface area (Å²) >= 11 is 6.04. The number of aliphatic hydroxyl groups is 1. The normalized spacial score (nSPS) is 17.0. The highest BCUT2D eigenvalue weighted by molar-refractivity contribution is 6.51. The summed E-state index contributed by atoms with van der Waals surface area (Å²) in [5.41, 5.74) is -0.770. The Bertz CT molecular complexity index is 1410. The van der Waals surface area contributed by atoms with E-state index in [4.69, 9.17) is 16.3 Å². The number of aliphatic hydroxyl groups excluding tert-OH is 1. The zero-order valence-corrected chi connectivity index (χ0v) is 18.7. The molecule has 0 spiro atoms. The Balaban J connectivity index is 1.99. The van der Waals surface area contributed by atoms with Crippen molar-refractivity contribution in [3.05, 3.63) is 98.3 Å². The summed E-state index contributed by atoms with van der Waals surface area (Å²) in [5.74, 6) is -3.71. The third-order valence-electron chi connectivity index (χ3n) is 5.49. The summed E-state index contributed by atoms with van der Waals surface area (Å²) in [4.78, 5) is 37.8. The van der Waals surface area contributed by atoms with Crippen molar-refractivity contribution >= 4 is 40.4 Å². The van der Waals surface area contributed by atoms with Gasteiger partial charge in [-0.05, 0) is 54.1 Å². The number of hydrogen-bond donors (Lipinski definition) is 2. The number of methoxy groups -OCH3 is 1. The Morgan fingerprint density at radius 1 is 1.11 bits per heavy atom. The fourth-order valence-corrected chi connectivity index (χ4v) is 4.03. The van der Waals surface area contributed by atoms with E-state index in [0.29, 0.717) is 0 Å². The van der Waals surface area contributed by atoms with Gasteiger partial charge in [0.1, 0.15) is 17.3 Å². The Kier molecular flexibility index (Phi) is 6.14. The lowest BCUT2D eigenvalue weighted by Crippen LogP contribution is -2.29. The number of benzene rings is 3. The van der Waals surface area contributed by atoms with Crippen molar-refractivity contribution in [1.29, 1.82) is 0 Å². The van der Waals surface area contributed by atoms with Crippen LogP contribution >= 0.6 is 11.6 Å². The Hall–Kier alpha value is -4.44. The number of rotatable bonds is 5. The molecule has 9 nitrogen and oxygen atoms in total. The molecule has 2 N–H and O–H groups in total. The molecule has 0 aliphatic carbocycles. The van der Waals surface area contributed by atoms with Crippen molar-refractivity contribution in [3.63, 3.8) is 0 Å². The van der Waals surface area contributed by atoms with Crippen molar-refractivity contribution in [3.8, 4) is 11.5 Å². The van der Waals surface area contributed by atoms with Crippen molar-refractivity contribution in [1.82, 2.24) is 0 Å². The third kappa shape index (κ3) is 4.15. The van der Waals surface area contributed by atoms with Crippen LogP contribution in [0.3, 0.4) is 0 Å². The van der Waals surface area contributed by atoms with Gasteiger partial charge in [0.2, 0.25) is 0 Å². The smallest absolute Gasteiger partial charge is 0.311 e. The highest BCUT2D eigenvalue weighted by atomic mass is 35.5. The molecular formula is C24H16ClFN2O7. The van der Waals surface area contributed by atoms with Crippen molar-refractivity contribution in [2.75, 3.05) is 12.0 Å². The molecule has 35 heavy (non-hydrogen) atoms. The fraction of sp³-hybridized carbons (Fsp3) is 0.0833. The monoisotopic (exact) mass is 498 g/mol.